The molecule has 0 unspecified atom stereocenters. The van der Waals surface area contributed by atoms with Gasteiger partial charge in [0.25, 0.3) is 0 Å². The number of pyridine rings is 1. The van der Waals surface area contributed by atoms with Crippen LogP contribution in [0.5, 0.6) is 5.75 Å². The Morgan fingerprint density at radius 3 is 2.67 bits per heavy atom. The van der Waals surface area contributed by atoms with Gasteiger partial charge < -0.3 is 14.6 Å². The van der Waals surface area contributed by atoms with Gasteiger partial charge in [-0.3, -0.25) is 0 Å². The zero-order chi connectivity index (χ0) is 19.4. The largest absolute Gasteiger partial charge is 0.550 e. The number of carbonyl (C=O) groups excluding carboxylic acids is 1. The van der Waals surface area contributed by atoms with E-state index in [0.29, 0.717) is 11.3 Å². The van der Waals surface area contributed by atoms with E-state index in [-0.39, 0.29) is 11.8 Å². The summed E-state index contributed by atoms with van der Waals surface area (Å²) in [4.78, 5) is 14.9. The molecule has 2 heterocycles. The van der Waals surface area contributed by atoms with E-state index in [1.807, 2.05) is 6.92 Å². The first kappa shape index (κ1) is 19.0. The van der Waals surface area contributed by atoms with Crippen molar-refractivity contribution in [3.63, 3.8) is 0 Å². The van der Waals surface area contributed by atoms with Crippen molar-refractivity contribution in [1.82, 2.24) is 4.98 Å². The number of aromatic nitrogens is 1. The van der Waals surface area contributed by atoms with Crippen LogP contribution in [0.25, 0.3) is 0 Å². The maximum atomic E-state index is 10.6. The van der Waals surface area contributed by atoms with Gasteiger partial charge in [0.1, 0.15) is 11.4 Å². The number of hydrogen-bond donors (Lipinski definition) is 0. The Morgan fingerprint density at radius 1 is 1.26 bits per heavy atom. The molecule has 0 aliphatic carbocycles. The third-order valence-electron chi connectivity index (χ3n) is 5.59. The minimum Gasteiger partial charge on any atom is -0.550 e. The second kappa shape index (κ2) is 7.84. The Bertz CT molecular complexity index is 900. The molecule has 4 nitrogen and oxygen atoms in total. The molecule has 27 heavy (non-hydrogen) atoms. The molecule has 0 N–H and O–H groups in total. The molecule has 1 aliphatic heterocycles. The molecule has 0 fully saturated rings. The van der Waals surface area contributed by atoms with E-state index in [0.717, 1.165) is 42.7 Å². The second-order valence-electron chi connectivity index (χ2n) is 7.10. The molecule has 0 bridgehead atoms. The van der Waals surface area contributed by atoms with Crippen molar-refractivity contribution < 1.29 is 14.6 Å². The number of carboxylic acids is 1. The van der Waals surface area contributed by atoms with Gasteiger partial charge in [-0.25, -0.2) is 4.98 Å². The smallest absolute Gasteiger partial charge is 0.123 e. The van der Waals surface area contributed by atoms with Crippen LogP contribution in [0.1, 0.15) is 61.1 Å². The second-order valence-corrected chi connectivity index (χ2v) is 7.10. The first-order valence-corrected chi connectivity index (χ1v) is 9.42. The molecular formula is C23H24NO3-. The molecule has 0 atom stereocenters. The average molecular weight is 362 g/mol. The number of hydrogen-bond acceptors (Lipinski definition) is 4. The van der Waals surface area contributed by atoms with Crippen molar-refractivity contribution in [2.24, 2.45) is 0 Å². The summed E-state index contributed by atoms with van der Waals surface area (Å²) < 4.78 is 5.91. The SMILES string of the molecule is CCC1(CC)CCOc2cc(C)c(C#Cc3ccc(CC(=O)[O-])cn3)cc21. The number of ether oxygens (including phenoxy) is 1. The molecule has 2 aromatic rings. The van der Waals surface area contributed by atoms with E-state index in [2.05, 4.69) is 42.8 Å². The van der Waals surface area contributed by atoms with Crippen LogP contribution < -0.4 is 9.84 Å². The van der Waals surface area contributed by atoms with Crippen LogP contribution in [0.4, 0.5) is 0 Å². The fourth-order valence-corrected chi connectivity index (χ4v) is 3.73. The van der Waals surface area contributed by atoms with Crippen LogP contribution in [0.2, 0.25) is 0 Å². The molecule has 1 aromatic heterocycles. The molecule has 4 heteroatoms. The quantitative estimate of drug-likeness (QED) is 0.785. The van der Waals surface area contributed by atoms with Crippen LogP contribution in [-0.4, -0.2) is 17.6 Å². The summed E-state index contributed by atoms with van der Waals surface area (Å²) in [5.74, 6) is 6.19. The van der Waals surface area contributed by atoms with Gasteiger partial charge in [-0.1, -0.05) is 25.8 Å². The number of aryl methyl sites for hydroxylation is 1. The molecule has 0 amide bonds. The zero-order valence-electron chi connectivity index (χ0n) is 16.1. The highest BCUT2D eigenvalue weighted by Crippen LogP contribution is 2.44. The highest BCUT2D eigenvalue weighted by molar-refractivity contribution is 5.67. The Labute approximate surface area is 160 Å². The Hall–Kier alpha value is -2.80. The topological polar surface area (TPSA) is 62.2 Å². The number of carbonyl (C=O) groups is 1. The monoisotopic (exact) mass is 362 g/mol. The lowest BCUT2D eigenvalue weighted by Crippen LogP contribution is -2.32. The predicted octanol–water partition coefficient (Wildman–Crippen LogP) is 2.92. The molecule has 0 spiro atoms. The number of carboxylic acid groups (broad SMARTS) is 1. The third-order valence-corrected chi connectivity index (χ3v) is 5.59. The molecular weight excluding hydrogens is 338 g/mol. The Balaban J connectivity index is 1.93. The van der Waals surface area contributed by atoms with Gasteiger partial charge in [-0.05, 0) is 61.4 Å². The maximum Gasteiger partial charge on any atom is 0.123 e. The molecule has 0 saturated carbocycles. The van der Waals surface area contributed by atoms with Crippen molar-refractivity contribution in [1.29, 1.82) is 0 Å². The van der Waals surface area contributed by atoms with E-state index in [1.54, 1.807) is 12.1 Å². The van der Waals surface area contributed by atoms with Crippen molar-refractivity contribution >= 4 is 5.97 Å². The summed E-state index contributed by atoms with van der Waals surface area (Å²) >= 11 is 0. The molecule has 1 aliphatic rings. The number of aliphatic carboxylic acids is 1. The minimum atomic E-state index is -1.11. The minimum absolute atomic E-state index is 0.138. The van der Waals surface area contributed by atoms with Gasteiger partial charge in [0, 0.05) is 35.1 Å². The van der Waals surface area contributed by atoms with E-state index < -0.39 is 5.97 Å². The van der Waals surface area contributed by atoms with Crippen LogP contribution in [0.15, 0.2) is 30.5 Å². The summed E-state index contributed by atoms with van der Waals surface area (Å²) in [5.41, 5.74) is 4.69. The average Bonchev–Trinajstić information content (AvgIpc) is 2.66. The maximum absolute atomic E-state index is 10.6. The molecule has 0 saturated heterocycles. The van der Waals surface area contributed by atoms with E-state index >= 15 is 0 Å². The van der Waals surface area contributed by atoms with Crippen molar-refractivity contribution in [2.75, 3.05) is 6.61 Å². The normalized spacial score (nSPS) is 14.5. The Kier molecular flexibility index (Phi) is 5.51. The molecule has 0 radical (unpaired) electrons. The van der Waals surface area contributed by atoms with Crippen LogP contribution in [-0.2, 0) is 16.6 Å². The molecule has 3 rings (SSSR count). The summed E-state index contributed by atoms with van der Waals surface area (Å²) in [6.45, 7) is 7.28. The van der Waals surface area contributed by atoms with Gasteiger partial charge in [0.05, 0.1) is 6.61 Å². The predicted molar refractivity (Wildman–Crippen MR) is 102 cm³/mol. The molecule has 140 valence electrons. The first-order chi connectivity index (χ1) is 13.0. The summed E-state index contributed by atoms with van der Waals surface area (Å²) in [7, 11) is 0. The number of rotatable bonds is 4. The van der Waals surface area contributed by atoms with Crippen LogP contribution in [0.3, 0.4) is 0 Å². The van der Waals surface area contributed by atoms with E-state index in [1.165, 1.54) is 11.8 Å². The standard InChI is InChI=1S/C23H25NO3/c1-4-23(5-2)10-11-27-21-12-16(3)18(14-20(21)23)7-9-19-8-6-17(15-24-19)13-22(25)26/h6,8,12,14-15H,4-5,10-11,13H2,1-3H3,(H,25,26)/p-1. The van der Waals surface area contributed by atoms with Gasteiger partial charge >= 0.3 is 0 Å². The van der Waals surface area contributed by atoms with E-state index in [9.17, 15) is 9.90 Å². The Morgan fingerprint density at radius 2 is 2.04 bits per heavy atom. The highest BCUT2D eigenvalue weighted by atomic mass is 16.5. The fourth-order valence-electron chi connectivity index (χ4n) is 3.73. The number of fused-ring (bicyclic) bond motifs is 1. The van der Waals surface area contributed by atoms with E-state index in [4.69, 9.17) is 4.74 Å². The van der Waals surface area contributed by atoms with Crippen molar-refractivity contribution in [3.8, 4) is 17.6 Å². The van der Waals surface area contributed by atoms with Crippen LogP contribution >= 0.6 is 0 Å². The lowest BCUT2D eigenvalue weighted by molar-refractivity contribution is -0.304. The summed E-state index contributed by atoms with van der Waals surface area (Å²) in [5, 5.41) is 10.6. The van der Waals surface area contributed by atoms with Crippen molar-refractivity contribution in [3.05, 3.63) is 58.4 Å². The summed E-state index contributed by atoms with van der Waals surface area (Å²) in [6.07, 6.45) is 4.59. The summed E-state index contributed by atoms with van der Waals surface area (Å²) in [6, 6.07) is 7.73. The van der Waals surface area contributed by atoms with Crippen molar-refractivity contribution in [2.45, 2.75) is 51.9 Å². The van der Waals surface area contributed by atoms with Crippen LogP contribution in [0, 0.1) is 18.8 Å². The van der Waals surface area contributed by atoms with Gasteiger partial charge in [0.15, 0.2) is 0 Å². The lowest BCUT2D eigenvalue weighted by atomic mass is 9.71. The first-order valence-electron chi connectivity index (χ1n) is 9.42. The highest BCUT2D eigenvalue weighted by Gasteiger charge is 2.35. The van der Waals surface area contributed by atoms with Gasteiger partial charge in [0.2, 0.25) is 0 Å². The van der Waals surface area contributed by atoms with Gasteiger partial charge in [-0.15, -0.1) is 0 Å². The molecule has 1 aromatic carbocycles. The third kappa shape index (κ3) is 3.98. The number of nitrogens with zero attached hydrogens (tertiary/aromatic N) is 1. The van der Waals surface area contributed by atoms with Gasteiger partial charge in [-0.2, -0.15) is 0 Å². The number of benzene rings is 1. The fraction of sp³-hybridized carbons (Fsp3) is 0.391. The lowest BCUT2D eigenvalue weighted by Gasteiger charge is -2.38. The zero-order valence-corrected chi connectivity index (χ0v) is 16.1.